The smallest absolute Gasteiger partial charge is 0.417 e. The molecular formula is C16H7ClF6N4O2S. The summed E-state index contributed by atoms with van der Waals surface area (Å²) in [6, 6.07) is 2.84. The quantitative estimate of drug-likeness (QED) is 0.374. The van der Waals surface area contributed by atoms with Crippen molar-refractivity contribution in [3.63, 3.8) is 0 Å². The molecular weight excluding hydrogens is 462 g/mol. The molecule has 3 rings (SSSR count). The molecule has 0 aliphatic carbocycles. The van der Waals surface area contributed by atoms with Gasteiger partial charge in [-0.1, -0.05) is 11.6 Å². The topological polar surface area (TPSA) is 113 Å². The van der Waals surface area contributed by atoms with Crippen molar-refractivity contribution in [1.82, 2.24) is 9.97 Å². The minimum Gasteiger partial charge on any atom is -0.477 e. The summed E-state index contributed by atoms with van der Waals surface area (Å²) >= 11 is 5.93. The van der Waals surface area contributed by atoms with E-state index in [0.29, 0.717) is 17.4 Å². The van der Waals surface area contributed by atoms with Gasteiger partial charge in [0.05, 0.1) is 16.8 Å². The summed E-state index contributed by atoms with van der Waals surface area (Å²) in [6.45, 7) is 0. The number of carboxylic acids is 1. The van der Waals surface area contributed by atoms with Crippen molar-refractivity contribution in [2.24, 2.45) is 0 Å². The van der Waals surface area contributed by atoms with Crippen molar-refractivity contribution in [3.8, 4) is 6.07 Å². The maximum Gasteiger partial charge on any atom is 0.417 e. The van der Waals surface area contributed by atoms with E-state index in [0.717, 1.165) is 18.5 Å². The molecule has 0 saturated heterocycles. The number of anilines is 1. The minimum absolute atomic E-state index is 0.0327. The van der Waals surface area contributed by atoms with E-state index in [4.69, 9.17) is 27.7 Å². The lowest BCUT2D eigenvalue weighted by Gasteiger charge is -2.07. The zero-order valence-electron chi connectivity index (χ0n) is 14.1. The van der Waals surface area contributed by atoms with E-state index in [1.807, 2.05) is 0 Å². The minimum atomic E-state index is -4.59. The van der Waals surface area contributed by atoms with Gasteiger partial charge in [-0.05, 0) is 12.1 Å². The summed E-state index contributed by atoms with van der Waals surface area (Å²) in [4.78, 5) is 17.5. The molecule has 0 radical (unpaired) electrons. The van der Waals surface area contributed by atoms with Gasteiger partial charge in [0.25, 0.3) is 0 Å². The fourth-order valence-electron chi connectivity index (χ4n) is 2.22. The molecule has 0 amide bonds. The number of hydrogen-bond acceptors (Lipinski definition) is 6. The monoisotopic (exact) mass is 468 g/mol. The predicted molar refractivity (Wildman–Crippen MR) is 95.0 cm³/mol. The number of halogens is 7. The van der Waals surface area contributed by atoms with Crippen LogP contribution in [0.4, 0.5) is 32.0 Å². The number of nitrogen functional groups attached to an aromatic ring is 1. The highest BCUT2D eigenvalue weighted by Gasteiger charge is 2.35. The van der Waals surface area contributed by atoms with Crippen LogP contribution >= 0.6 is 22.9 Å². The van der Waals surface area contributed by atoms with Crippen molar-refractivity contribution in [2.45, 2.75) is 12.4 Å². The van der Waals surface area contributed by atoms with E-state index in [-0.39, 0.29) is 15.1 Å². The van der Waals surface area contributed by atoms with Gasteiger partial charge >= 0.3 is 18.3 Å². The molecule has 0 bridgehead atoms. The molecule has 0 fully saturated rings. The molecule has 0 saturated carbocycles. The first-order valence-corrected chi connectivity index (χ1v) is 8.57. The van der Waals surface area contributed by atoms with Crippen LogP contribution in [0.25, 0.3) is 10.2 Å². The molecule has 14 heteroatoms. The van der Waals surface area contributed by atoms with Crippen molar-refractivity contribution in [3.05, 3.63) is 51.2 Å². The van der Waals surface area contributed by atoms with Crippen LogP contribution in [0.1, 0.15) is 26.4 Å². The second-order valence-electron chi connectivity index (χ2n) is 5.32. The molecule has 3 aromatic rings. The van der Waals surface area contributed by atoms with E-state index in [1.165, 1.54) is 6.07 Å². The maximum absolute atomic E-state index is 12.7. The van der Waals surface area contributed by atoms with Crippen LogP contribution in [-0.4, -0.2) is 21.0 Å². The molecule has 30 heavy (non-hydrogen) atoms. The molecule has 3 N–H and O–H groups in total. The van der Waals surface area contributed by atoms with Crippen LogP contribution < -0.4 is 5.73 Å². The first kappa shape index (κ1) is 23.2. The number of pyridine rings is 2. The van der Waals surface area contributed by atoms with Crippen molar-refractivity contribution < 1.29 is 36.2 Å². The lowest BCUT2D eigenvalue weighted by Crippen LogP contribution is -2.08. The number of carbonyl (C=O) groups is 1. The van der Waals surface area contributed by atoms with Crippen molar-refractivity contribution >= 4 is 44.8 Å². The number of thiophene rings is 1. The number of fused-ring (bicyclic) bond motifs is 1. The molecule has 0 atom stereocenters. The first-order chi connectivity index (χ1) is 13.8. The molecule has 0 aromatic carbocycles. The van der Waals surface area contributed by atoms with Gasteiger partial charge in [-0.25, -0.2) is 14.8 Å². The van der Waals surface area contributed by atoms with E-state index in [2.05, 4.69) is 9.97 Å². The second-order valence-corrected chi connectivity index (χ2v) is 6.68. The Labute approximate surface area is 172 Å². The fourth-order valence-corrected chi connectivity index (χ4v) is 3.35. The number of alkyl halides is 6. The van der Waals surface area contributed by atoms with Gasteiger partial charge in [-0.2, -0.15) is 31.6 Å². The Hall–Kier alpha value is -3.11. The predicted octanol–water partition coefficient (Wildman–Crippen LogP) is 5.22. The summed E-state index contributed by atoms with van der Waals surface area (Å²) < 4.78 is 74.6. The molecule has 0 unspecified atom stereocenters. The number of aromatic carboxylic acids is 1. The van der Waals surface area contributed by atoms with Crippen molar-refractivity contribution in [2.75, 3.05) is 5.73 Å². The van der Waals surface area contributed by atoms with Gasteiger partial charge in [-0.15, -0.1) is 11.3 Å². The van der Waals surface area contributed by atoms with Crippen LogP contribution in [-0.2, 0) is 12.4 Å². The Bertz CT molecular complexity index is 1150. The molecule has 3 heterocycles. The highest BCUT2D eigenvalue weighted by Crippen LogP contribution is 2.41. The Morgan fingerprint density at radius 2 is 1.63 bits per heavy atom. The number of nitriles is 1. The highest BCUT2D eigenvalue weighted by atomic mass is 35.5. The maximum atomic E-state index is 12.7. The van der Waals surface area contributed by atoms with Gasteiger partial charge in [0.15, 0.2) is 0 Å². The fraction of sp³-hybridized carbons (Fsp3) is 0.125. The zero-order chi connectivity index (χ0) is 22.9. The molecule has 158 valence electrons. The molecule has 0 spiro atoms. The third-order valence-corrected chi connectivity index (χ3v) is 4.84. The van der Waals surface area contributed by atoms with Crippen LogP contribution in [0, 0.1) is 11.3 Å². The number of aromatic nitrogens is 2. The average molecular weight is 469 g/mol. The number of nitrogens with zero attached hydrogens (tertiary/aromatic N) is 3. The van der Waals surface area contributed by atoms with E-state index < -0.39 is 45.9 Å². The van der Waals surface area contributed by atoms with Crippen LogP contribution in [0.5, 0.6) is 0 Å². The Morgan fingerprint density at radius 3 is 2.10 bits per heavy atom. The number of nitrogens with two attached hydrogens (primary N) is 1. The number of carboxylic acid groups (broad SMARTS) is 1. The largest absolute Gasteiger partial charge is 0.477 e. The summed E-state index contributed by atoms with van der Waals surface area (Å²) in [7, 11) is 0. The highest BCUT2D eigenvalue weighted by molar-refractivity contribution is 7.21. The van der Waals surface area contributed by atoms with Crippen LogP contribution in [0.2, 0.25) is 5.15 Å². The normalized spacial score (nSPS) is 11.5. The standard InChI is InChI=1S/C9H5F3N2O2S.C7H2ClF3N2/c10-9(11,12)3-1-2-14-7-4(3)5(13)6(17-7)8(15)16;8-6-4(3-12)5(1-2-13-6)7(9,10)11/h1-2H,13H2,(H,15,16);1-2H. The van der Waals surface area contributed by atoms with Gasteiger partial charge in [-0.3, -0.25) is 0 Å². The Balaban J connectivity index is 0.000000222. The van der Waals surface area contributed by atoms with E-state index in [1.54, 1.807) is 0 Å². The number of hydrogen-bond donors (Lipinski definition) is 2. The van der Waals surface area contributed by atoms with Crippen molar-refractivity contribution in [1.29, 1.82) is 5.26 Å². The summed E-state index contributed by atoms with van der Waals surface area (Å²) in [5, 5.41) is 16.4. The summed E-state index contributed by atoms with van der Waals surface area (Å²) in [6.07, 6.45) is -7.28. The van der Waals surface area contributed by atoms with Gasteiger partial charge < -0.3 is 10.8 Å². The third-order valence-electron chi connectivity index (χ3n) is 3.45. The van der Waals surface area contributed by atoms with Crippen LogP contribution in [0.15, 0.2) is 24.5 Å². The Kier molecular flexibility index (Phi) is 6.43. The molecule has 0 aliphatic rings. The zero-order valence-corrected chi connectivity index (χ0v) is 15.7. The lowest BCUT2D eigenvalue weighted by molar-refractivity contribution is -0.138. The molecule has 6 nitrogen and oxygen atoms in total. The average Bonchev–Trinajstić information content (AvgIpc) is 2.98. The molecule has 0 aliphatic heterocycles. The second kappa shape index (κ2) is 8.33. The summed E-state index contributed by atoms with van der Waals surface area (Å²) in [5.41, 5.74) is 2.37. The van der Waals surface area contributed by atoms with E-state index in [9.17, 15) is 31.1 Å². The third kappa shape index (κ3) is 4.71. The summed E-state index contributed by atoms with van der Waals surface area (Å²) in [5.74, 6) is -1.36. The lowest BCUT2D eigenvalue weighted by atomic mass is 10.1. The van der Waals surface area contributed by atoms with Gasteiger partial charge in [0.1, 0.15) is 26.5 Å². The SMILES string of the molecule is N#Cc1c(C(F)(F)F)ccnc1Cl.Nc1c(C(=O)O)sc2nccc(C(F)(F)F)c12. The molecule has 3 aromatic heterocycles. The van der Waals surface area contributed by atoms with Crippen LogP contribution in [0.3, 0.4) is 0 Å². The van der Waals surface area contributed by atoms with E-state index >= 15 is 0 Å². The van der Waals surface area contributed by atoms with Gasteiger partial charge in [0, 0.05) is 17.8 Å². The Morgan fingerprint density at radius 1 is 1.10 bits per heavy atom. The first-order valence-electron chi connectivity index (χ1n) is 7.38. The van der Waals surface area contributed by atoms with Gasteiger partial charge in [0.2, 0.25) is 0 Å². The number of rotatable bonds is 1.